The maximum atomic E-state index is 12.8. The van der Waals surface area contributed by atoms with Crippen LogP contribution >= 0.6 is 0 Å². The molecule has 1 aliphatic rings. The van der Waals surface area contributed by atoms with Gasteiger partial charge in [0.25, 0.3) is 0 Å². The van der Waals surface area contributed by atoms with Gasteiger partial charge >= 0.3 is 0 Å². The maximum Gasteiger partial charge on any atom is 0.243 e. The number of carbonyl (C=O) groups is 1. The summed E-state index contributed by atoms with van der Waals surface area (Å²) in [6.07, 6.45) is 0.854. The van der Waals surface area contributed by atoms with Gasteiger partial charge in [0, 0.05) is 31.7 Å². The van der Waals surface area contributed by atoms with Gasteiger partial charge in [-0.3, -0.25) is 9.69 Å². The monoisotopic (exact) mass is 397 g/mol. The molecule has 0 aliphatic carbocycles. The normalized spacial score (nSPS) is 16.9. The van der Waals surface area contributed by atoms with Gasteiger partial charge < -0.3 is 10.1 Å². The predicted molar refractivity (Wildman–Crippen MR) is 105 cm³/mol. The van der Waals surface area contributed by atoms with Crippen molar-refractivity contribution in [2.45, 2.75) is 44.6 Å². The first-order valence-electron chi connectivity index (χ1n) is 9.44. The molecule has 0 spiro atoms. The molecule has 152 valence electrons. The second-order valence-electron chi connectivity index (χ2n) is 7.37. The summed E-state index contributed by atoms with van der Waals surface area (Å²) < 4.78 is 32.4. The van der Waals surface area contributed by atoms with E-state index in [9.17, 15) is 13.2 Å². The van der Waals surface area contributed by atoms with Gasteiger partial charge in [-0.05, 0) is 51.5 Å². The van der Waals surface area contributed by atoms with Gasteiger partial charge in [0.05, 0.1) is 18.0 Å². The van der Waals surface area contributed by atoms with E-state index in [1.807, 2.05) is 32.6 Å². The Balaban J connectivity index is 1.91. The molecule has 8 heteroatoms. The number of nitrogens with one attached hydrogen (secondary N) is 1. The van der Waals surface area contributed by atoms with Crippen LogP contribution in [0.2, 0.25) is 0 Å². The largest absolute Gasteiger partial charge is 0.494 e. The van der Waals surface area contributed by atoms with Crippen LogP contribution in [-0.2, 0) is 14.8 Å². The summed E-state index contributed by atoms with van der Waals surface area (Å²) in [6.45, 7) is 10.6. The van der Waals surface area contributed by atoms with Crippen LogP contribution < -0.4 is 10.1 Å². The first-order valence-corrected chi connectivity index (χ1v) is 10.9. The molecule has 0 unspecified atom stereocenters. The van der Waals surface area contributed by atoms with E-state index in [1.165, 1.54) is 4.31 Å². The van der Waals surface area contributed by atoms with Crippen LogP contribution in [0.1, 0.15) is 34.1 Å². The van der Waals surface area contributed by atoms with Gasteiger partial charge in [-0.25, -0.2) is 8.42 Å². The molecule has 0 radical (unpaired) electrons. The molecule has 0 atom stereocenters. The summed E-state index contributed by atoms with van der Waals surface area (Å²) in [5.41, 5.74) is -0.226. The highest BCUT2D eigenvalue weighted by atomic mass is 32.2. The van der Waals surface area contributed by atoms with E-state index in [0.29, 0.717) is 45.1 Å². The molecule has 2 rings (SSSR count). The fourth-order valence-corrected chi connectivity index (χ4v) is 4.28. The number of sulfonamides is 1. The minimum atomic E-state index is -3.53. The molecule has 0 bridgehead atoms. The van der Waals surface area contributed by atoms with Crippen molar-refractivity contribution < 1.29 is 17.9 Å². The van der Waals surface area contributed by atoms with E-state index in [0.717, 1.165) is 6.42 Å². The Bertz CT molecular complexity index is 724. The van der Waals surface area contributed by atoms with Crippen molar-refractivity contribution >= 4 is 15.9 Å². The molecule has 1 aromatic carbocycles. The quantitative estimate of drug-likeness (QED) is 0.722. The van der Waals surface area contributed by atoms with Crippen LogP contribution in [0.25, 0.3) is 0 Å². The van der Waals surface area contributed by atoms with E-state index in [1.54, 1.807) is 24.3 Å². The van der Waals surface area contributed by atoms with Crippen molar-refractivity contribution in [3.05, 3.63) is 24.3 Å². The Morgan fingerprint density at radius 3 is 2.22 bits per heavy atom. The molecular weight excluding hydrogens is 366 g/mol. The second kappa shape index (κ2) is 9.03. The summed E-state index contributed by atoms with van der Waals surface area (Å²) in [4.78, 5) is 14.4. The van der Waals surface area contributed by atoms with E-state index in [4.69, 9.17) is 4.74 Å². The van der Waals surface area contributed by atoms with E-state index < -0.39 is 10.0 Å². The first-order chi connectivity index (χ1) is 12.7. The van der Waals surface area contributed by atoms with Crippen LogP contribution in [0.15, 0.2) is 29.2 Å². The fourth-order valence-electron chi connectivity index (χ4n) is 2.86. The number of hydrogen-bond acceptors (Lipinski definition) is 5. The molecule has 1 amide bonds. The lowest BCUT2D eigenvalue weighted by Gasteiger charge is -2.34. The Morgan fingerprint density at radius 2 is 1.70 bits per heavy atom. The highest BCUT2D eigenvalue weighted by Crippen LogP contribution is 2.21. The Kier molecular flexibility index (Phi) is 7.25. The third-order valence-electron chi connectivity index (χ3n) is 4.83. The molecule has 27 heavy (non-hydrogen) atoms. The van der Waals surface area contributed by atoms with E-state index in [-0.39, 0.29) is 16.3 Å². The lowest BCUT2D eigenvalue weighted by atomic mass is 10.0. The summed E-state index contributed by atoms with van der Waals surface area (Å²) >= 11 is 0. The topological polar surface area (TPSA) is 79.0 Å². The summed E-state index contributed by atoms with van der Waals surface area (Å²) in [7, 11) is -3.53. The minimum Gasteiger partial charge on any atom is -0.494 e. The maximum absolute atomic E-state index is 12.8. The van der Waals surface area contributed by atoms with Crippen LogP contribution in [0.5, 0.6) is 5.75 Å². The highest BCUT2D eigenvalue weighted by Gasteiger charge is 2.29. The molecule has 0 saturated carbocycles. The zero-order chi connectivity index (χ0) is 20.1. The summed E-state index contributed by atoms with van der Waals surface area (Å²) in [5.74, 6) is 0.631. The van der Waals surface area contributed by atoms with Gasteiger partial charge in [0.1, 0.15) is 5.75 Å². The van der Waals surface area contributed by atoms with Crippen molar-refractivity contribution in [2.24, 2.45) is 0 Å². The molecule has 1 N–H and O–H groups in total. The molecule has 1 saturated heterocycles. The number of ether oxygens (including phenoxy) is 1. The standard InChI is InChI=1S/C19H31N3O4S/c1-5-19(3,4)20-18(23)15-21-11-13-22(14-12-21)27(24,25)17-9-7-16(8-10-17)26-6-2/h7-10H,5-6,11-15H2,1-4H3,(H,20,23). The number of carbonyl (C=O) groups excluding carboxylic acids is 1. The zero-order valence-corrected chi connectivity index (χ0v) is 17.5. The van der Waals surface area contributed by atoms with Gasteiger partial charge in [-0.15, -0.1) is 0 Å². The average Bonchev–Trinajstić information content (AvgIpc) is 2.62. The average molecular weight is 398 g/mol. The SMILES string of the molecule is CCOc1ccc(S(=O)(=O)N2CCN(CC(=O)NC(C)(C)CC)CC2)cc1. The molecule has 1 heterocycles. The van der Waals surface area contributed by atoms with Crippen molar-refractivity contribution in [3.8, 4) is 5.75 Å². The predicted octanol–water partition coefficient (Wildman–Crippen LogP) is 1.70. The van der Waals surface area contributed by atoms with Crippen LogP contribution in [0.3, 0.4) is 0 Å². The number of hydrogen-bond donors (Lipinski definition) is 1. The number of benzene rings is 1. The van der Waals surface area contributed by atoms with E-state index >= 15 is 0 Å². The van der Waals surface area contributed by atoms with Crippen LogP contribution in [0, 0.1) is 0 Å². The fraction of sp³-hybridized carbons (Fsp3) is 0.632. The van der Waals surface area contributed by atoms with Crippen molar-refractivity contribution in [3.63, 3.8) is 0 Å². The second-order valence-corrected chi connectivity index (χ2v) is 9.31. The van der Waals surface area contributed by atoms with Crippen LogP contribution in [-0.4, -0.2) is 68.4 Å². The van der Waals surface area contributed by atoms with Crippen molar-refractivity contribution in [1.82, 2.24) is 14.5 Å². The van der Waals surface area contributed by atoms with Crippen LogP contribution in [0.4, 0.5) is 0 Å². The van der Waals surface area contributed by atoms with Gasteiger partial charge in [-0.2, -0.15) is 4.31 Å². The van der Waals surface area contributed by atoms with Gasteiger partial charge in [-0.1, -0.05) is 6.92 Å². The number of rotatable bonds is 8. The third-order valence-corrected chi connectivity index (χ3v) is 6.75. The van der Waals surface area contributed by atoms with Crippen molar-refractivity contribution in [2.75, 3.05) is 39.3 Å². The van der Waals surface area contributed by atoms with Crippen molar-refractivity contribution in [1.29, 1.82) is 0 Å². The number of amides is 1. The smallest absolute Gasteiger partial charge is 0.243 e. The highest BCUT2D eigenvalue weighted by molar-refractivity contribution is 7.89. The summed E-state index contributed by atoms with van der Waals surface area (Å²) in [6, 6.07) is 6.50. The first kappa shape index (κ1) is 21.7. The molecule has 1 aromatic rings. The molecule has 1 aliphatic heterocycles. The lowest BCUT2D eigenvalue weighted by Crippen LogP contribution is -2.53. The molecule has 1 fully saturated rings. The Labute approximate surface area is 162 Å². The number of nitrogens with zero attached hydrogens (tertiary/aromatic N) is 2. The van der Waals surface area contributed by atoms with Gasteiger partial charge in [0.2, 0.25) is 15.9 Å². The molecular formula is C19H31N3O4S. The molecule has 0 aromatic heterocycles. The third kappa shape index (κ3) is 5.92. The lowest BCUT2D eigenvalue weighted by molar-refractivity contribution is -0.124. The summed E-state index contributed by atoms with van der Waals surface area (Å²) in [5, 5.41) is 3.01. The number of piperazine rings is 1. The minimum absolute atomic E-state index is 0.0235. The van der Waals surface area contributed by atoms with E-state index in [2.05, 4.69) is 5.32 Å². The molecule has 7 nitrogen and oxygen atoms in total. The Hall–Kier alpha value is -1.64. The zero-order valence-electron chi connectivity index (χ0n) is 16.7. The van der Waals surface area contributed by atoms with Gasteiger partial charge in [0.15, 0.2) is 0 Å². The Morgan fingerprint density at radius 1 is 1.11 bits per heavy atom.